The zero-order valence-electron chi connectivity index (χ0n) is 12.3. The Bertz CT molecular complexity index is 562. The number of nitrogens with zero attached hydrogens (tertiary/aromatic N) is 2. The second kappa shape index (κ2) is 7.14. The van der Waals surface area contributed by atoms with E-state index < -0.39 is 17.4 Å². The van der Waals surface area contributed by atoms with E-state index in [4.69, 9.17) is 5.73 Å². The molecule has 0 aliphatic carbocycles. The molecule has 1 aromatic rings. The van der Waals surface area contributed by atoms with Crippen molar-refractivity contribution < 1.29 is 5.11 Å². The van der Waals surface area contributed by atoms with Crippen molar-refractivity contribution in [3.05, 3.63) is 20.8 Å². The van der Waals surface area contributed by atoms with Gasteiger partial charge < -0.3 is 16.2 Å². The lowest BCUT2D eigenvalue weighted by molar-refractivity contribution is 0.176. The Labute approximate surface area is 118 Å². The van der Waals surface area contributed by atoms with Gasteiger partial charge in [0.25, 0.3) is 5.56 Å². The summed E-state index contributed by atoms with van der Waals surface area (Å²) in [6.45, 7) is 4.58. The first-order valence-electron chi connectivity index (χ1n) is 6.95. The van der Waals surface area contributed by atoms with Gasteiger partial charge in [0.05, 0.1) is 6.10 Å². The molecule has 1 unspecified atom stereocenters. The summed E-state index contributed by atoms with van der Waals surface area (Å²) in [6.07, 6.45) is 1.68. The van der Waals surface area contributed by atoms with Crippen molar-refractivity contribution >= 4 is 11.5 Å². The number of rotatable bonds is 7. The fourth-order valence-electron chi connectivity index (χ4n) is 2.04. The number of aliphatic hydroxyl groups is 1. The van der Waals surface area contributed by atoms with Crippen LogP contribution in [0.3, 0.4) is 0 Å². The Hall–Kier alpha value is -1.76. The summed E-state index contributed by atoms with van der Waals surface area (Å²) in [6, 6.07) is 0. The summed E-state index contributed by atoms with van der Waals surface area (Å²) in [5, 5.41) is 12.6. The molecular weight excluding hydrogens is 260 g/mol. The van der Waals surface area contributed by atoms with Gasteiger partial charge in [0.2, 0.25) is 0 Å². The molecule has 0 aliphatic heterocycles. The van der Waals surface area contributed by atoms with Crippen molar-refractivity contribution in [3.8, 4) is 0 Å². The lowest BCUT2D eigenvalue weighted by atomic mass is 10.2. The lowest BCUT2D eigenvalue weighted by Crippen LogP contribution is -2.41. The van der Waals surface area contributed by atoms with Crippen molar-refractivity contribution in [1.29, 1.82) is 0 Å². The summed E-state index contributed by atoms with van der Waals surface area (Å²) >= 11 is 0. The molecular formula is C13H24N4O3. The van der Waals surface area contributed by atoms with Crippen LogP contribution in [0.15, 0.2) is 9.59 Å². The largest absolute Gasteiger partial charge is 0.391 e. The maximum atomic E-state index is 12.1. The SMILES string of the molecule is CCCC(O)CNc1c(N)n(CCC)c(=O)n(C)c1=O. The molecule has 0 radical (unpaired) electrons. The predicted octanol–water partition coefficient (Wildman–Crippen LogP) is 0.112. The predicted molar refractivity (Wildman–Crippen MR) is 80.1 cm³/mol. The molecule has 0 saturated carbocycles. The van der Waals surface area contributed by atoms with E-state index >= 15 is 0 Å². The van der Waals surface area contributed by atoms with Crippen LogP contribution in [-0.2, 0) is 13.6 Å². The average Bonchev–Trinajstić information content (AvgIpc) is 2.41. The van der Waals surface area contributed by atoms with Gasteiger partial charge in [-0.2, -0.15) is 0 Å². The first-order chi connectivity index (χ1) is 9.43. The standard InChI is InChI=1S/C13H24N4O3/c1-4-6-9(18)8-15-10-11(14)17(7-5-2)13(20)16(3)12(10)19/h9,15,18H,4-8,14H2,1-3H3. The molecule has 1 atom stereocenters. The highest BCUT2D eigenvalue weighted by atomic mass is 16.3. The molecule has 0 amide bonds. The molecule has 0 aromatic carbocycles. The maximum Gasteiger partial charge on any atom is 0.332 e. The molecule has 7 nitrogen and oxygen atoms in total. The Morgan fingerprint density at radius 3 is 2.50 bits per heavy atom. The van der Waals surface area contributed by atoms with Crippen LogP contribution in [0.4, 0.5) is 11.5 Å². The van der Waals surface area contributed by atoms with Gasteiger partial charge >= 0.3 is 5.69 Å². The van der Waals surface area contributed by atoms with Crippen molar-refractivity contribution in [2.24, 2.45) is 7.05 Å². The first-order valence-corrected chi connectivity index (χ1v) is 6.95. The van der Waals surface area contributed by atoms with E-state index in [0.29, 0.717) is 13.0 Å². The van der Waals surface area contributed by atoms with Gasteiger partial charge in [0, 0.05) is 20.1 Å². The average molecular weight is 284 g/mol. The lowest BCUT2D eigenvalue weighted by Gasteiger charge is -2.17. The van der Waals surface area contributed by atoms with Crippen molar-refractivity contribution in [2.75, 3.05) is 17.6 Å². The number of nitrogen functional groups attached to an aromatic ring is 1. The molecule has 0 saturated heterocycles. The van der Waals surface area contributed by atoms with E-state index in [-0.39, 0.29) is 18.1 Å². The zero-order valence-corrected chi connectivity index (χ0v) is 12.3. The quantitative estimate of drug-likeness (QED) is 0.659. The molecule has 1 heterocycles. The highest BCUT2D eigenvalue weighted by molar-refractivity contribution is 5.60. The fraction of sp³-hybridized carbons (Fsp3) is 0.692. The summed E-state index contributed by atoms with van der Waals surface area (Å²) in [5.74, 6) is 0.128. The number of nitrogens with two attached hydrogens (primary N) is 1. The van der Waals surface area contributed by atoms with E-state index in [2.05, 4.69) is 5.32 Å². The van der Waals surface area contributed by atoms with Crippen LogP contribution >= 0.6 is 0 Å². The van der Waals surface area contributed by atoms with Gasteiger partial charge in [-0.1, -0.05) is 20.3 Å². The zero-order chi connectivity index (χ0) is 15.3. The normalized spacial score (nSPS) is 12.4. The van der Waals surface area contributed by atoms with Gasteiger partial charge in [0.1, 0.15) is 11.5 Å². The molecule has 4 N–H and O–H groups in total. The molecule has 1 rings (SSSR count). The van der Waals surface area contributed by atoms with Crippen molar-refractivity contribution in [3.63, 3.8) is 0 Å². The summed E-state index contributed by atoms with van der Waals surface area (Å²) in [7, 11) is 1.42. The minimum atomic E-state index is -0.546. The van der Waals surface area contributed by atoms with Crippen LogP contribution in [-0.4, -0.2) is 26.9 Å². The molecule has 1 aromatic heterocycles. The summed E-state index contributed by atoms with van der Waals surface area (Å²) in [4.78, 5) is 24.0. The number of anilines is 2. The van der Waals surface area contributed by atoms with Gasteiger partial charge in [-0.05, 0) is 12.8 Å². The number of aliphatic hydroxyl groups excluding tert-OH is 1. The molecule has 114 valence electrons. The minimum Gasteiger partial charge on any atom is -0.391 e. The Morgan fingerprint density at radius 1 is 1.30 bits per heavy atom. The smallest absolute Gasteiger partial charge is 0.332 e. The third-order valence-electron chi connectivity index (χ3n) is 3.17. The summed E-state index contributed by atoms with van der Waals surface area (Å²) in [5.41, 5.74) is 5.19. The first kappa shape index (κ1) is 16.3. The third-order valence-corrected chi connectivity index (χ3v) is 3.17. The van der Waals surface area contributed by atoms with Crippen LogP contribution in [0, 0.1) is 0 Å². The van der Waals surface area contributed by atoms with Gasteiger partial charge in [-0.15, -0.1) is 0 Å². The second-order valence-electron chi connectivity index (χ2n) is 4.88. The number of aromatic nitrogens is 2. The number of nitrogens with one attached hydrogen (secondary N) is 1. The monoisotopic (exact) mass is 284 g/mol. The topological polar surface area (TPSA) is 102 Å². The molecule has 0 spiro atoms. The van der Waals surface area contributed by atoms with Gasteiger partial charge in [-0.25, -0.2) is 4.79 Å². The number of hydrogen-bond donors (Lipinski definition) is 3. The minimum absolute atomic E-state index is 0.128. The van der Waals surface area contributed by atoms with Crippen LogP contribution in [0.2, 0.25) is 0 Å². The van der Waals surface area contributed by atoms with Gasteiger partial charge in [0.15, 0.2) is 0 Å². The van der Waals surface area contributed by atoms with E-state index in [1.54, 1.807) is 0 Å². The Balaban J connectivity index is 3.13. The van der Waals surface area contributed by atoms with Crippen LogP contribution in [0.25, 0.3) is 0 Å². The van der Waals surface area contributed by atoms with Crippen molar-refractivity contribution in [2.45, 2.75) is 45.8 Å². The maximum absolute atomic E-state index is 12.1. The highest BCUT2D eigenvalue weighted by Gasteiger charge is 2.15. The van der Waals surface area contributed by atoms with Gasteiger partial charge in [-0.3, -0.25) is 13.9 Å². The van der Waals surface area contributed by atoms with E-state index in [1.165, 1.54) is 11.6 Å². The van der Waals surface area contributed by atoms with Crippen LogP contribution in [0.1, 0.15) is 33.1 Å². The van der Waals surface area contributed by atoms with Crippen molar-refractivity contribution in [1.82, 2.24) is 9.13 Å². The van der Waals surface area contributed by atoms with E-state index in [1.807, 2.05) is 13.8 Å². The Kier molecular flexibility index (Phi) is 5.82. The molecule has 20 heavy (non-hydrogen) atoms. The molecule has 0 aliphatic rings. The fourth-order valence-corrected chi connectivity index (χ4v) is 2.04. The number of hydrogen-bond acceptors (Lipinski definition) is 5. The third kappa shape index (κ3) is 3.41. The Morgan fingerprint density at radius 2 is 1.95 bits per heavy atom. The van der Waals surface area contributed by atoms with Crippen LogP contribution < -0.4 is 22.3 Å². The van der Waals surface area contributed by atoms with E-state index in [0.717, 1.165) is 17.4 Å². The molecule has 7 heteroatoms. The summed E-state index contributed by atoms with van der Waals surface area (Å²) < 4.78 is 2.40. The van der Waals surface area contributed by atoms with Crippen LogP contribution in [0.5, 0.6) is 0 Å². The van der Waals surface area contributed by atoms with E-state index in [9.17, 15) is 14.7 Å². The molecule has 0 fully saturated rings. The second-order valence-corrected chi connectivity index (χ2v) is 4.88. The highest BCUT2D eigenvalue weighted by Crippen LogP contribution is 2.11. The molecule has 0 bridgehead atoms.